The summed E-state index contributed by atoms with van der Waals surface area (Å²) in [5, 5.41) is 14.2. The highest BCUT2D eigenvalue weighted by molar-refractivity contribution is 6.12. The van der Waals surface area contributed by atoms with Gasteiger partial charge < -0.3 is 10.5 Å². The summed E-state index contributed by atoms with van der Waals surface area (Å²) in [6.07, 6.45) is 2.97. The molecule has 2 N–H and O–H groups in total. The summed E-state index contributed by atoms with van der Waals surface area (Å²) in [5.74, 6) is -1.26. The first kappa shape index (κ1) is 16.6. The third kappa shape index (κ3) is 2.78. The third-order valence-electron chi connectivity index (χ3n) is 4.53. The van der Waals surface area contributed by atoms with Crippen molar-refractivity contribution in [3.63, 3.8) is 0 Å². The van der Waals surface area contributed by atoms with Crippen LogP contribution in [0.1, 0.15) is 34.1 Å². The van der Waals surface area contributed by atoms with Gasteiger partial charge in [-0.1, -0.05) is 0 Å². The molecule has 1 saturated heterocycles. The van der Waals surface area contributed by atoms with Crippen molar-refractivity contribution in [3.8, 4) is 0 Å². The molecule has 7 heteroatoms. The van der Waals surface area contributed by atoms with Crippen molar-refractivity contribution in [2.45, 2.75) is 45.2 Å². The van der Waals surface area contributed by atoms with Gasteiger partial charge in [-0.15, -0.1) is 0 Å². The molecule has 2 aliphatic rings. The van der Waals surface area contributed by atoms with Crippen molar-refractivity contribution in [3.05, 3.63) is 12.2 Å². The van der Waals surface area contributed by atoms with E-state index < -0.39 is 11.1 Å². The fraction of sp³-hybridized carbons (Fsp3) is 0.667. The zero-order valence-electron chi connectivity index (χ0n) is 13.4. The molecule has 2 rings (SSSR count). The Morgan fingerprint density at radius 2 is 1.82 bits per heavy atom. The Morgan fingerprint density at radius 1 is 1.27 bits per heavy atom. The van der Waals surface area contributed by atoms with Crippen LogP contribution < -0.4 is 5.32 Å². The normalized spacial score (nSPS) is 26.8. The predicted molar refractivity (Wildman–Crippen MR) is 78.8 cm³/mol. The van der Waals surface area contributed by atoms with E-state index in [1.807, 2.05) is 27.7 Å². The molecule has 0 aromatic rings. The molecule has 1 fully saturated rings. The van der Waals surface area contributed by atoms with Crippen molar-refractivity contribution in [2.24, 2.45) is 5.92 Å². The van der Waals surface area contributed by atoms with Crippen molar-refractivity contribution in [1.82, 2.24) is 15.3 Å². The molecular formula is C15H23N3O4. The largest absolute Gasteiger partial charge is 0.354 e. The minimum Gasteiger partial charge on any atom is -0.354 e. The molecule has 1 atom stereocenters. The van der Waals surface area contributed by atoms with Crippen LogP contribution in [-0.2, 0) is 14.4 Å². The maximum absolute atomic E-state index is 12.4. The summed E-state index contributed by atoms with van der Waals surface area (Å²) < 4.78 is 0. The quantitative estimate of drug-likeness (QED) is 0.729. The Bertz CT molecular complexity index is 521. The molecule has 0 spiro atoms. The molecule has 122 valence electrons. The molecule has 2 heterocycles. The molecule has 3 amide bonds. The number of hydrogen-bond acceptors (Lipinski definition) is 5. The van der Waals surface area contributed by atoms with Crippen LogP contribution in [0.2, 0.25) is 0 Å². The SMILES string of the molecule is CC1(C)C[C@H](C(=O)NCCN2C(=O)C=CC2=O)C(C)(C)N1O. The Kier molecular flexibility index (Phi) is 4.14. The summed E-state index contributed by atoms with van der Waals surface area (Å²) in [7, 11) is 0. The average molecular weight is 309 g/mol. The number of imide groups is 1. The smallest absolute Gasteiger partial charge is 0.253 e. The second kappa shape index (κ2) is 5.48. The molecule has 7 nitrogen and oxygen atoms in total. The van der Waals surface area contributed by atoms with Crippen molar-refractivity contribution in [2.75, 3.05) is 13.1 Å². The van der Waals surface area contributed by atoms with E-state index in [0.717, 1.165) is 4.90 Å². The first-order valence-corrected chi connectivity index (χ1v) is 7.38. The zero-order chi connectivity index (χ0) is 16.7. The van der Waals surface area contributed by atoms with Gasteiger partial charge in [0.2, 0.25) is 5.91 Å². The summed E-state index contributed by atoms with van der Waals surface area (Å²) in [4.78, 5) is 36.3. The second-order valence-electron chi connectivity index (χ2n) is 6.99. The molecule has 22 heavy (non-hydrogen) atoms. The minimum absolute atomic E-state index is 0.149. The summed E-state index contributed by atoms with van der Waals surface area (Å²) in [6, 6.07) is 0. The molecule has 0 saturated carbocycles. The number of nitrogens with zero attached hydrogens (tertiary/aromatic N) is 2. The predicted octanol–water partition coefficient (Wildman–Crippen LogP) is 0.296. The van der Waals surface area contributed by atoms with Crippen LogP contribution >= 0.6 is 0 Å². The highest BCUT2D eigenvalue weighted by Crippen LogP contribution is 2.43. The summed E-state index contributed by atoms with van der Waals surface area (Å²) in [5.41, 5.74) is -1.15. The maximum Gasteiger partial charge on any atom is 0.253 e. The molecule has 2 aliphatic heterocycles. The number of carbonyl (C=O) groups is 3. The monoisotopic (exact) mass is 309 g/mol. The molecule has 0 aromatic carbocycles. The Morgan fingerprint density at radius 3 is 2.27 bits per heavy atom. The Balaban J connectivity index is 1.91. The van der Waals surface area contributed by atoms with Crippen molar-refractivity contribution in [1.29, 1.82) is 0 Å². The van der Waals surface area contributed by atoms with E-state index in [0.29, 0.717) is 6.42 Å². The van der Waals surface area contributed by atoms with E-state index in [2.05, 4.69) is 5.32 Å². The van der Waals surface area contributed by atoms with Gasteiger partial charge in [0.25, 0.3) is 11.8 Å². The van der Waals surface area contributed by atoms with Crippen molar-refractivity contribution >= 4 is 17.7 Å². The van der Waals surface area contributed by atoms with E-state index in [1.54, 1.807) is 0 Å². The van der Waals surface area contributed by atoms with E-state index in [-0.39, 0.29) is 36.7 Å². The van der Waals surface area contributed by atoms with E-state index in [4.69, 9.17) is 0 Å². The van der Waals surface area contributed by atoms with Gasteiger partial charge in [0.15, 0.2) is 0 Å². The van der Waals surface area contributed by atoms with Gasteiger partial charge in [-0.25, -0.2) is 0 Å². The number of rotatable bonds is 4. The number of hydrogen-bond donors (Lipinski definition) is 2. The number of amides is 3. The average Bonchev–Trinajstić information content (AvgIpc) is 2.82. The van der Waals surface area contributed by atoms with Crippen LogP contribution in [0.3, 0.4) is 0 Å². The Hall–Kier alpha value is -1.73. The highest BCUT2D eigenvalue weighted by atomic mass is 16.5. The topological polar surface area (TPSA) is 90.0 Å². The lowest BCUT2D eigenvalue weighted by Gasteiger charge is -2.35. The first-order chi connectivity index (χ1) is 10.1. The number of nitrogens with one attached hydrogen (secondary N) is 1. The van der Waals surface area contributed by atoms with E-state index in [1.165, 1.54) is 17.2 Å². The Labute approximate surface area is 129 Å². The van der Waals surface area contributed by atoms with Crippen LogP contribution in [0.4, 0.5) is 0 Å². The highest BCUT2D eigenvalue weighted by Gasteiger charge is 2.54. The standard InChI is InChI=1S/C15H23N3O4/c1-14(2)9-10(15(3,4)18(14)22)13(21)16-7-8-17-11(19)5-6-12(17)20/h5-6,10,22H,7-9H2,1-4H3,(H,16,21)/t10-/m1/s1. The summed E-state index contributed by atoms with van der Waals surface area (Å²) in [6.45, 7) is 7.77. The molecule has 0 unspecified atom stereocenters. The third-order valence-corrected chi connectivity index (χ3v) is 4.53. The van der Waals surface area contributed by atoms with Crippen LogP contribution in [0.25, 0.3) is 0 Å². The molecule has 0 radical (unpaired) electrons. The fourth-order valence-corrected chi connectivity index (χ4v) is 3.24. The molecule has 0 aromatic heterocycles. The first-order valence-electron chi connectivity index (χ1n) is 7.38. The van der Waals surface area contributed by atoms with E-state index in [9.17, 15) is 19.6 Å². The lowest BCUT2D eigenvalue weighted by Crippen LogP contribution is -2.50. The van der Waals surface area contributed by atoms with E-state index >= 15 is 0 Å². The van der Waals surface area contributed by atoms with Gasteiger partial charge in [-0.05, 0) is 34.1 Å². The van der Waals surface area contributed by atoms with Crippen LogP contribution in [-0.4, -0.2) is 57.1 Å². The zero-order valence-corrected chi connectivity index (χ0v) is 13.4. The van der Waals surface area contributed by atoms with Gasteiger partial charge in [0.1, 0.15) is 0 Å². The molecular weight excluding hydrogens is 286 g/mol. The van der Waals surface area contributed by atoms with Crippen LogP contribution in [0.15, 0.2) is 12.2 Å². The second-order valence-corrected chi connectivity index (χ2v) is 6.99. The summed E-state index contributed by atoms with van der Waals surface area (Å²) >= 11 is 0. The van der Waals surface area contributed by atoms with Crippen LogP contribution in [0, 0.1) is 5.92 Å². The van der Waals surface area contributed by atoms with Crippen LogP contribution in [0.5, 0.6) is 0 Å². The van der Waals surface area contributed by atoms with Gasteiger partial charge in [0.05, 0.1) is 11.5 Å². The molecule has 0 aliphatic carbocycles. The fourth-order valence-electron chi connectivity index (χ4n) is 3.24. The molecule has 0 bridgehead atoms. The number of carbonyl (C=O) groups excluding carboxylic acids is 3. The maximum atomic E-state index is 12.4. The van der Waals surface area contributed by atoms with Gasteiger partial charge >= 0.3 is 0 Å². The lowest BCUT2D eigenvalue weighted by molar-refractivity contribution is -0.197. The van der Waals surface area contributed by atoms with Gasteiger partial charge in [0, 0.05) is 30.8 Å². The van der Waals surface area contributed by atoms with Gasteiger partial charge in [-0.3, -0.25) is 19.3 Å². The van der Waals surface area contributed by atoms with Crippen molar-refractivity contribution < 1.29 is 19.6 Å². The number of hydroxylamine groups is 2. The minimum atomic E-state index is -0.672. The lowest BCUT2D eigenvalue weighted by atomic mass is 9.86. The van der Waals surface area contributed by atoms with Gasteiger partial charge in [-0.2, -0.15) is 5.06 Å².